The molecule has 7 nitrogen and oxygen atoms in total. The molecule has 1 amide bonds. The first-order chi connectivity index (χ1) is 15.5. The van der Waals surface area contributed by atoms with E-state index in [1.807, 2.05) is 32.0 Å². The zero-order valence-electron chi connectivity index (χ0n) is 17.6. The number of ether oxygens (including phenoxy) is 2. The number of halogens is 1. The maximum Gasteiger partial charge on any atom is 0.283 e. The smallest absolute Gasteiger partial charge is 0.283 e. The Morgan fingerprint density at radius 3 is 2.53 bits per heavy atom. The Morgan fingerprint density at radius 2 is 1.81 bits per heavy atom. The number of benzene rings is 2. The highest BCUT2D eigenvalue weighted by Gasteiger charge is 2.35. The molecule has 2 aromatic rings. The lowest BCUT2D eigenvalue weighted by Crippen LogP contribution is -2.35. The van der Waals surface area contributed by atoms with E-state index < -0.39 is 5.91 Å². The Kier molecular flexibility index (Phi) is 6.36. The predicted octanol–water partition coefficient (Wildman–Crippen LogP) is 4.48. The van der Waals surface area contributed by atoms with Gasteiger partial charge in [0.05, 0.1) is 18.8 Å². The molecule has 0 unspecified atom stereocenters. The molecule has 2 aliphatic heterocycles. The molecule has 0 saturated heterocycles. The molecule has 2 aliphatic rings. The predicted molar refractivity (Wildman–Crippen MR) is 124 cm³/mol. The summed E-state index contributed by atoms with van der Waals surface area (Å²) in [5.74, 6) is 0.397. The monoisotopic (exact) mass is 452 g/mol. The van der Waals surface area contributed by atoms with Crippen LogP contribution in [-0.2, 0) is 11.2 Å². The molecule has 0 radical (unpaired) electrons. The first-order valence-corrected chi connectivity index (χ1v) is 10.9. The maximum absolute atomic E-state index is 13.1. The maximum atomic E-state index is 13.1. The molecule has 164 valence electrons. The van der Waals surface area contributed by atoms with Gasteiger partial charge in [0.1, 0.15) is 10.9 Å². The first kappa shape index (κ1) is 21.8. The molecule has 2 heterocycles. The van der Waals surface area contributed by atoms with Crippen molar-refractivity contribution in [1.82, 2.24) is 5.01 Å². The van der Waals surface area contributed by atoms with Crippen LogP contribution in [0.25, 0.3) is 6.08 Å². The van der Waals surface area contributed by atoms with Crippen LogP contribution in [0.5, 0.6) is 11.5 Å². The fourth-order valence-electron chi connectivity index (χ4n) is 3.21. The van der Waals surface area contributed by atoms with Crippen LogP contribution in [0.1, 0.15) is 25.0 Å². The topological polar surface area (TPSA) is 87.3 Å². The zero-order chi connectivity index (χ0) is 22.7. The standard InChI is InChI=1S/C23H21FN4O3S/c1-3-30-18-10-7-15(12-19(18)31-4-2)13-20-27-28-21(25)17(22(29)26-23(28)32-20)11-14-5-8-16(24)9-6-14/h5-12,25H,3-4,13H2,1-2H3/b17-11+,25-21?. The van der Waals surface area contributed by atoms with Gasteiger partial charge in [-0.05, 0) is 67.1 Å². The van der Waals surface area contributed by atoms with E-state index in [2.05, 4.69) is 10.1 Å². The lowest BCUT2D eigenvalue weighted by atomic mass is 10.1. The number of fused-ring (bicyclic) bond motifs is 1. The SMILES string of the molecule is CCOc1ccc(CC2=NN3C(=N)/C(=C\c4ccc(F)cc4)C(=O)N=C3S2)cc1OCC. The highest BCUT2D eigenvalue weighted by atomic mass is 32.2. The van der Waals surface area contributed by atoms with Gasteiger partial charge in [-0.15, -0.1) is 0 Å². The van der Waals surface area contributed by atoms with E-state index in [9.17, 15) is 9.18 Å². The minimum atomic E-state index is -0.519. The van der Waals surface area contributed by atoms with Crippen LogP contribution in [0.2, 0.25) is 0 Å². The molecule has 9 heteroatoms. The number of hydrogen-bond acceptors (Lipinski definition) is 6. The summed E-state index contributed by atoms with van der Waals surface area (Å²) >= 11 is 1.26. The van der Waals surface area contributed by atoms with Crippen LogP contribution >= 0.6 is 11.8 Å². The van der Waals surface area contributed by atoms with E-state index >= 15 is 0 Å². The van der Waals surface area contributed by atoms with E-state index in [0.717, 1.165) is 5.56 Å². The van der Waals surface area contributed by atoms with E-state index in [1.54, 1.807) is 0 Å². The lowest BCUT2D eigenvalue weighted by Gasteiger charge is -2.20. The quantitative estimate of drug-likeness (QED) is 0.626. The van der Waals surface area contributed by atoms with E-state index in [0.29, 0.717) is 46.9 Å². The highest BCUT2D eigenvalue weighted by molar-refractivity contribution is 8.26. The molecule has 0 bridgehead atoms. The summed E-state index contributed by atoms with van der Waals surface area (Å²) in [5, 5.41) is 15.4. The molecule has 0 fully saturated rings. The summed E-state index contributed by atoms with van der Waals surface area (Å²) in [4.78, 5) is 16.6. The first-order valence-electron chi connectivity index (χ1n) is 10.1. The van der Waals surface area contributed by atoms with Crippen molar-refractivity contribution in [2.75, 3.05) is 13.2 Å². The molecular formula is C23H21FN4O3S. The average Bonchev–Trinajstić information content (AvgIpc) is 3.17. The molecule has 4 rings (SSSR count). The van der Waals surface area contributed by atoms with Gasteiger partial charge < -0.3 is 9.47 Å². The number of carbonyl (C=O) groups excluding carboxylic acids is 1. The van der Waals surface area contributed by atoms with Gasteiger partial charge in [0.25, 0.3) is 5.91 Å². The zero-order valence-corrected chi connectivity index (χ0v) is 18.4. The number of hydrazone groups is 1. The van der Waals surface area contributed by atoms with Gasteiger partial charge in [0.15, 0.2) is 17.3 Å². The van der Waals surface area contributed by atoms with Gasteiger partial charge in [0.2, 0.25) is 5.17 Å². The van der Waals surface area contributed by atoms with E-state index in [1.165, 1.54) is 47.1 Å². The number of amidine groups is 2. The summed E-state index contributed by atoms with van der Waals surface area (Å²) in [5.41, 5.74) is 1.67. The fraction of sp³-hybridized carbons (Fsp3) is 0.217. The Labute approximate surface area is 189 Å². The molecule has 0 spiro atoms. The molecule has 2 aromatic carbocycles. The third-order valence-electron chi connectivity index (χ3n) is 4.64. The van der Waals surface area contributed by atoms with E-state index in [-0.39, 0.29) is 17.2 Å². The van der Waals surface area contributed by atoms with Crippen LogP contribution < -0.4 is 9.47 Å². The third-order valence-corrected chi connectivity index (χ3v) is 5.55. The summed E-state index contributed by atoms with van der Waals surface area (Å²) in [7, 11) is 0. The number of rotatable bonds is 7. The molecule has 1 N–H and O–H groups in total. The van der Waals surface area contributed by atoms with Gasteiger partial charge >= 0.3 is 0 Å². The van der Waals surface area contributed by atoms with Crippen molar-refractivity contribution < 1.29 is 18.7 Å². The van der Waals surface area contributed by atoms with Crippen LogP contribution in [0.15, 0.2) is 58.1 Å². The van der Waals surface area contributed by atoms with Gasteiger partial charge in [0, 0.05) is 6.42 Å². The summed E-state index contributed by atoms with van der Waals surface area (Å²) in [6.07, 6.45) is 2.01. The second-order valence-electron chi connectivity index (χ2n) is 6.89. The Morgan fingerprint density at radius 1 is 1.09 bits per heavy atom. The fourth-order valence-corrected chi connectivity index (χ4v) is 4.13. The molecule has 0 atom stereocenters. The number of carbonyl (C=O) groups is 1. The largest absolute Gasteiger partial charge is 0.490 e. The van der Waals surface area contributed by atoms with Crippen molar-refractivity contribution in [2.24, 2.45) is 10.1 Å². The summed E-state index contributed by atoms with van der Waals surface area (Å²) in [6.45, 7) is 4.89. The second kappa shape index (κ2) is 9.35. The van der Waals surface area contributed by atoms with Crippen LogP contribution in [-0.4, -0.2) is 40.2 Å². The Bertz CT molecular complexity index is 1160. The number of nitrogens with one attached hydrogen (secondary N) is 1. The molecule has 0 saturated carbocycles. The van der Waals surface area contributed by atoms with Gasteiger partial charge in [-0.3, -0.25) is 10.2 Å². The van der Waals surface area contributed by atoms with Crippen LogP contribution in [0.3, 0.4) is 0 Å². The number of nitrogens with zero attached hydrogens (tertiary/aromatic N) is 3. The number of aliphatic imine (C=N–C) groups is 1. The van der Waals surface area contributed by atoms with Crippen molar-refractivity contribution in [3.8, 4) is 11.5 Å². The van der Waals surface area contributed by atoms with Gasteiger partial charge in [-0.25, -0.2) is 4.39 Å². The Balaban J connectivity index is 1.55. The van der Waals surface area contributed by atoms with Gasteiger partial charge in [-0.2, -0.15) is 15.1 Å². The minimum Gasteiger partial charge on any atom is -0.490 e. The van der Waals surface area contributed by atoms with E-state index in [4.69, 9.17) is 14.9 Å². The lowest BCUT2D eigenvalue weighted by molar-refractivity contribution is -0.114. The summed E-state index contributed by atoms with van der Waals surface area (Å²) < 4.78 is 24.4. The van der Waals surface area contributed by atoms with Crippen LogP contribution in [0, 0.1) is 11.2 Å². The molecule has 0 aromatic heterocycles. The molecular weight excluding hydrogens is 431 g/mol. The minimum absolute atomic E-state index is 0.0616. The highest BCUT2D eigenvalue weighted by Crippen LogP contribution is 2.32. The van der Waals surface area contributed by atoms with Crippen LogP contribution in [0.4, 0.5) is 4.39 Å². The van der Waals surface area contributed by atoms with Crippen molar-refractivity contribution in [3.05, 3.63) is 65.0 Å². The average molecular weight is 453 g/mol. The van der Waals surface area contributed by atoms with Crippen molar-refractivity contribution >= 4 is 39.8 Å². The molecule has 0 aliphatic carbocycles. The number of thioether (sulfide) groups is 1. The van der Waals surface area contributed by atoms with Crippen molar-refractivity contribution in [3.63, 3.8) is 0 Å². The number of hydrogen-bond donors (Lipinski definition) is 1. The number of amides is 1. The Hall–Kier alpha value is -3.46. The normalized spacial score (nSPS) is 16.7. The van der Waals surface area contributed by atoms with Crippen molar-refractivity contribution in [1.29, 1.82) is 5.41 Å². The van der Waals surface area contributed by atoms with Gasteiger partial charge in [-0.1, -0.05) is 18.2 Å². The summed E-state index contributed by atoms with van der Waals surface area (Å²) in [6, 6.07) is 11.4. The van der Waals surface area contributed by atoms with Crippen molar-refractivity contribution in [2.45, 2.75) is 20.3 Å². The third kappa shape index (κ3) is 4.57. The molecule has 32 heavy (non-hydrogen) atoms. The second-order valence-corrected chi connectivity index (χ2v) is 7.93.